The van der Waals surface area contributed by atoms with Gasteiger partial charge in [-0.2, -0.15) is 0 Å². The average molecular weight is 871 g/mol. The van der Waals surface area contributed by atoms with Gasteiger partial charge in [-0.15, -0.1) is 0 Å². The van der Waals surface area contributed by atoms with Crippen molar-refractivity contribution in [2.75, 3.05) is 9.80 Å². The summed E-state index contributed by atoms with van der Waals surface area (Å²) in [6, 6.07) is 90.6. The molecule has 13 rings (SSSR count). The number of hydrogen-bond acceptors (Lipinski definition) is 4. The van der Waals surface area contributed by atoms with E-state index < -0.39 is 0 Å². The SMILES string of the molecule is c1ccc(-c2ccc(N(c3ccccc3-c3ccccc3N(c3cccc4ccccc34)c3cccc4oc5ccccc5c34)c3ccc(-c4ccccc4)c4oc5ccccc5c34)cc2)cc1. The first-order valence-electron chi connectivity index (χ1n) is 23.1. The topological polar surface area (TPSA) is 32.8 Å². The smallest absolute Gasteiger partial charge is 0.145 e. The Kier molecular flexibility index (Phi) is 9.47. The van der Waals surface area contributed by atoms with Crippen LogP contribution in [0.1, 0.15) is 0 Å². The zero-order valence-corrected chi connectivity index (χ0v) is 37.0. The maximum Gasteiger partial charge on any atom is 0.145 e. The van der Waals surface area contributed by atoms with E-state index in [1.54, 1.807) is 0 Å². The zero-order valence-electron chi connectivity index (χ0n) is 37.0. The van der Waals surface area contributed by atoms with Gasteiger partial charge in [0.05, 0.1) is 39.2 Å². The Hall–Kier alpha value is -9.12. The second kappa shape index (κ2) is 16.4. The van der Waals surface area contributed by atoms with E-state index in [2.05, 4.69) is 252 Å². The monoisotopic (exact) mass is 870 g/mol. The molecule has 0 spiro atoms. The van der Waals surface area contributed by atoms with Crippen LogP contribution in [0, 0.1) is 0 Å². The predicted molar refractivity (Wildman–Crippen MR) is 284 cm³/mol. The maximum atomic E-state index is 6.89. The summed E-state index contributed by atoms with van der Waals surface area (Å²) in [6.07, 6.45) is 0. The number of hydrogen-bond donors (Lipinski definition) is 0. The van der Waals surface area contributed by atoms with Crippen LogP contribution in [0.4, 0.5) is 34.1 Å². The zero-order chi connectivity index (χ0) is 45.0. The highest BCUT2D eigenvalue weighted by atomic mass is 16.3. The van der Waals surface area contributed by atoms with Crippen LogP contribution in [0.3, 0.4) is 0 Å². The van der Waals surface area contributed by atoms with Gasteiger partial charge in [0.15, 0.2) is 0 Å². The highest BCUT2D eigenvalue weighted by Gasteiger charge is 2.27. The number of furan rings is 2. The minimum atomic E-state index is 0.840. The minimum absolute atomic E-state index is 0.840. The molecule has 4 heteroatoms. The summed E-state index contributed by atoms with van der Waals surface area (Å²) in [7, 11) is 0. The lowest BCUT2D eigenvalue weighted by molar-refractivity contribution is 0.669. The Bertz CT molecular complexity index is 3980. The first-order valence-corrected chi connectivity index (χ1v) is 23.1. The molecule has 4 nitrogen and oxygen atoms in total. The molecule has 0 saturated carbocycles. The fraction of sp³-hybridized carbons (Fsp3) is 0. The van der Waals surface area contributed by atoms with E-state index in [-0.39, 0.29) is 0 Å². The fourth-order valence-corrected chi connectivity index (χ4v) is 10.2. The van der Waals surface area contributed by atoms with Crippen LogP contribution in [0.5, 0.6) is 0 Å². The lowest BCUT2D eigenvalue weighted by atomic mass is 9.96. The van der Waals surface area contributed by atoms with Gasteiger partial charge in [0.25, 0.3) is 0 Å². The molecule has 0 aliphatic carbocycles. The molecule has 0 atom stereocenters. The average Bonchev–Trinajstić information content (AvgIpc) is 4.00. The van der Waals surface area contributed by atoms with Gasteiger partial charge in [0, 0.05) is 38.5 Å². The Labute approximate surface area is 393 Å². The van der Waals surface area contributed by atoms with Crippen molar-refractivity contribution in [3.63, 3.8) is 0 Å². The van der Waals surface area contributed by atoms with Gasteiger partial charge in [0.1, 0.15) is 22.3 Å². The number of fused-ring (bicyclic) bond motifs is 7. The molecule has 2 aromatic heterocycles. The second-order valence-electron chi connectivity index (χ2n) is 17.2. The van der Waals surface area contributed by atoms with Crippen LogP contribution in [0.25, 0.3) is 88.0 Å². The van der Waals surface area contributed by atoms with Crippen LogP contribution in [-0.2, 0) is 0 Å². The van der Waals surface area contributed by atoms with Crippen LogP contribution in [0.2, 0.25) is 0 Å². The van der Waals surface area contributed by atoms with E-state index in [1.807, 2.05) is 12.1 Å². The standard InChI is InChI=1S/C64H42N2O2/c1-3-19-43(20-4-1)44-37-39-47(40-38-44)65(58-42-41-49(46-21-5-2-6-22-46)64-63(58)53-29-12-16-35-60(53)68-64)55-30-13-9-26-50(55)51-27-10-14-31-56(51)66(54-32-17-24-45-23-7-8-25-48(45)54)57-33-18-36-61-62(57)52-28-11-15-34-59(52)67-61/h1-42H. The fourth-order valence-electron chi connectivity index (χ4n) is 10.2. The van der Waals surface area contributed by atoms with Crippen molar-refractivity contribution < 1.29 is 8.83 Å². The molecule has 0 amide bonds. The number of rotatable bonds is 9. The van der Waals surface area contributed by atoms with E-state index in [0.717, 1.165) is 117 Å². The highest BCUT2D eigenvalue weighted by Crippen LogP contribution is 2.52. The molecule has 0 saturated heterocycles. The van der Waals surface area contributed by atoms with Crippen molar-refractivity contribution in [2.45, 2.75) is 0 Å². The molecule has 13 aromatic rings. The molecule has 0 aliphatic rings. The van der Waals surface area contributed by atoms with Crippen molar-refractivity contribution in [3.05, 3.63) is 255 Å². The van der Waals surface area contributed by atoms with E-state index in [4.69, 9.17) is 8.83 Å². The molecule has 0 N–H and O–H groups in total. The molecule has 320 valence electrons. The lowest BCUT2D eigenvalue weighted by Gasteiger charge is -2.32. The van der Waals surface area contributed by atoms with E-state index in [0.29, 0.717) is 0 Å². The summed E-state index contributed by atoms with van der Waals surface area (Å²) in [4.78, 5) is 4.86. The quantitative estimate of drug-likeness (QED) is 0.145. The predicted octanol–water partition coefficient (Wildman–Crippen LogP) is 18.6. The number of nitrogens with zero attached hydrogens (tertiary/aromatic N) is 2. The van der Waals surface area contributed by atoms with Gasteiger partial charge in [-0.1, -0.05) is 188 Å². The van der Waals surface area contributed by atoms with Crippen molar-refractivity contribution in [2.24, 2.45) is 0 Å². The summed E-state index contributed by atoms with van der Waals surface area (Å²) in [5.41, 5.74) is 16.2. The van der Waals surface area contributed by atoms with Crippen molar-refractivity contribution in [1.29, 1.82) is 0 Å². The van der Waals surface area contributed by atoms with Crippen LogP contribution in [0.15, 0.2) is 264 Å². The van der Waals surface area contributed by atoms with E-state index >= 15 is 0 Å². The first-order chi connectivity index (χ1) is 33.8. The summed E-state index contributed by atoms with van der Waals surface area (Å²) >= 11 is 0. The molecule has 0 fully saturated rings. The summed E-state index contributed by atoms with van der Waals surface area (Å²) < 4.78 is 13.5. The number of anilines is 6. The lowest BCUT2D eigenvalue weighted by Crippen LogP contribution is -2.14. The summed E-state index contributed by atoms with van der Waals surface area (Å²) in [5.74, 6) is 0. The Morgan fingerprint density at radius 2 is 0.735 bits per heavy atom. The first kappa shape index (κ1) is 39.3. The molecule has 0 bridgehead atoms. The normalized spacial score (nSPS) is 11.5. The molecule has 0 radical (unpaired) electrons. The summed E-state index contributed by atoms with van der Waals surface area (Å²) in [6.45, 7) is 0. The van der Waals surface area contributed by atoms with Crippen LogP contribution >= 0.6 is 0 Å². The maximum absolute atomic E-state index is 6.89. The van der Waals surface area contributed by atoms with Crippen molar-refractivity contribution in [1.82, 2.24) is 0 Å². The highest BCUT2D eigenvalue weighted by molar-refractivity contribution is 6.18. The molecule has 0 unspecified atom stereocenters. The van der Waals surface area contributed by atoms with E-state index in [1.165, 1.54) is 5.56 Å². The third-order valence-electron chi connectivity index (χ3n) is 13.3. The largest absolute Gasteiger partial charge is 0.456 e. The van der Waals surface area contributed by atoms with E-state index in [9.17, 15) is 0 Å². The molecular formula is C64H42N2O2. The minimum Gasteiger partial charge on any atom is -0.456 e. The molecular weight excluding hydrogens is 829 g/mol. The van der Waals surface area contributed by atoms with Crippen molar-refractivity contribution >= 4 is 88.8 Å². The summed E-state index contributed by atoms with van der Waals surface area (Å²) in [5, 5.41) is 6.55. The Morgan fingerprint density at radius 3 is 1.47 bits per heavy atom. The van der Waals surface area contributed by atoms with Crippen molar-refractivity contribution in [3.8, 4) is 33.4 Å². The molecule has 11 aromatic carbocycles. The third-order valence-corrected chi connectivity index (χ3v) is 13.3. The van der Waals surface area contributed by atoms with Crippen LogP contribution in [-0.4, -0.2) is 0 Å². The second-order valence-corrected chi connectivity index (χ2v) is 17.2. The molecule has 0 aliphatic heterocycles. The van der Waals surface area contributed by atoms with Gasteiger partial charge in [-0.3, -0.25) is 0 Å². The van der Waals surface area contributed by atoms with Gasteiger partial charge < -0.3 is 18.6 Å². The van der Waals surface area contributed by atoms with Gasteiger partial charge in [-0.25, -0.2) is 0 Å². The number of para-hydroxylation sites is 4. The molecule has 68 heavy (non-hydrogen) atoms. The van der Waals surface area contributed by atoms with Gasteiger partial charge in [-0.05, 0) is 88.8 Å². The number of benzene rings is 11. The molecule has 2 heterocycles. The Morgan fingerprint density at radius 1 is 0.250 bits per heavy atom. The third kappa shape index (κ3) is 6.53. The van der Waals surface area contributed by atoms with Gasteiger partial charge in [0.2, 0.25) is 0 Å². The Balaban J connectivity index is 1.09. The van der Waals surface area contributed by atoms with Gasteiger partial charge >= 0.3 is 0 Å². The van der Waals surface area contributed by atoms with Crippen LogP contribution < -0.4 is 9.80 Å².